The van der Waals surface area contributed by atoms with Crippen molar-refractivity contribution in [2.24, 2.45) is 0 Å². The van der Waals surface area contributed by atoms with E-state index >= 15 is 0 Å². The van der Waals surface area contributed by atoms with Gasteiger partial charge in [-0.2, -0.15) is 0 Å². The third kappa shape index (κ3) is 5.40. The molecule has 154 valence electrons. The Morgan fingerprint density at radius 3 is 2.62 bits per heavy atom. The van der Waals surface area contributed by atoms with Crippen LogP contribution in [-0.4, -0.2) is 48.5 Å². The first-order chi connectivity index (χ1) is 13.9. The van der Waals surface area contributed by atoms with Crippen LogP contribution >= 0.6 is 11.6 Å². The van der Waals surface area contributed by atoms with Crippen molar-refractivity contribution in [3.8, 4) is 0 Å². The van der Waals surface area contributed by atoms with Gasteiger partial charge in [-0.1, -0.05) is 18.2 Å². The largest absolute Gasteiger partial charge is 0.417 e. The lowest BCUT2D eigenvalue weighted by Gasteiger charge is -2.36. The van der Waals surface area contributed by atoms with Gasteiger partial charge in [-0.25, -0.2) is 4.79 Å². The molecule has 1 amide bonds. The number of carbonyl (C=O) groups is 1. The molecule has 3 rings (SSSR count). The fourth-order valence-electron chi connectivity index (χ4n) is 3.23. The zero-order valence-corrected chi connectivity index (χ0v) is 17.4. The van der Waals surface area contributed by atoms with E-state index in [-0.39, 0.29) is 12.5 Å². The fraction of sp³-hybridized carbons (Fsp3) is 0.333. The van der Waals surface area contributed by atoms with E-state index in [2.05, 4.69) is 32.7 Å². The van der Waals surface area contributed by atoms with Crippen molar-refractivity contribution in [1.29, 1.82) is 0 Å². The molecule has 0 radical (unpaired) electrons. The Hall–Kier alpha value is -2.77. The highest BCUT2D eigenvalue weighted by Gasteiger charge is 2.20. The molecular formula is C21H25ClN4O3. The van der Waals surface area contributed by atoms with Gasteiger partial charge in [0.1, 0.15) is 0 Å². The van der Waals surface area contributed by atoms with E-state index in [1.807, 2.05) is 19.1 Å². The Morgan fingerprint density at radius 1 is 1.31 bits per heavy atom. The maximum Gasteiger partial charge on any atom is 0.417 e. The molecule has 29 heavy (non-hydrogen) atoms. The number of rotatable bonds is 6. The quantitative estimate of drug-likeness (QED) is 0.707. The van der Waals surface area contributed by atoms with Crippen molar-refractivity contribution in [2.45, 2.75) is 13.8 Å². The first-order valence-corrected chi connectivity index (χ1v) is 9.80. The van der Waals surface area contributed by atoms with Gasteiger partial charge in [-0.05, 0) is 43.7 Å². The summed E-state index contributed by atoms with van der Waals surface area (Å²) in [6.07, 6.45) is 3.10. The van der Waals surface area contributed by atoms with Gasteiger partial charge in [0.2, 0.25) is 5.91 Å². The molecule has 2 aromatic rings. The summed E-state index contributed by atoms with van der Waals surface area (Å²) in [6, 6.07) is 6.04. The number of allylic oxidation sites excluding steroid dienone is 1. The van der Waals surface area contributed by atoms with Crippen LogP contribution in [0.3, 0.4) is 0 Å². The predicted octanol–water partition coefficient (Wildman–Crippen LogP) is 2.70. The maximum atomic E-state index is 12.4. The molecule has 1 saturated heterocycles. The first kappa shape index (κ1) is 21.0. The van der Waals surface area contributed by atoms with E-state index in [9.17, 15) is 9.59 Å². The summed E-state index contributed by atoms with van der Waals surface area (Å²) >= 11 is 6.11. The van der Waals surface area contributed by atoms with Crippen LogP contribution in [-0.2, 0) is 4.79 Å². The highest BCUT2D eigenvalue weighted by atomic mass is 35.5. The van der Waals surface area contributed by atoms with E-state index < -0.39 is 5.76 Å². The number of H-pyrrole nitrogens is 1. The second-order valence-electron chi connectivity index (χ2n) is 7.05. The average Bonchev–Trinajstić information content (AvgIpc) is 3.01. The zero-order chi connectivity index (χ0) is 21.0. The Balaban J connectivity index is 1.53. The van der Waals surface area contributed by atoms with E-state index in [4.69, 9.17) is 16.0 Å². The first-order valence-electron chi connectivity index (χ1n) is 9.43. The second-order valence-corrected chi connectivity index (χ2v) is 7.46. The number of halogens is 1. The number of anilines is 1. The number of aryl methyl sites for hydroxylation is 2. The van der Waals surface area contributed by atoms with Crippen LogP contribution in [0.15, 0.2) is 45.8 Å². The minimum Gasteiger partial charge on any atom is -0.408 e. The van der Waals surface area contributed by atoms with E-state index in [1.54, 1.807) is 13.0 Å². The third-order valence-corrected chi connectivity index (χ3v) is 5.32. The third-order valence-electron chi connectivity index (χ3n) is 4.90. The van der Waals surface area contributed by atoms with Crippen molar-refractivity contribution in [1.82, 2.24) is 15.2 Å². The average molecular weight is 417 g/mol. The molecule has 7 nitrogen and oxygen atoms in total. The number of piperazine rings is 1. The highest BCUT2D eigenvalue weighted by molar-refractivity contribution is 6.31. The lowest BCUT2D eigenvalue weighted by molar-refractivity contribution is -0.121. The molecule has 0 spiro atoms. The van der Waals surface area contributed by atoms with Crippen molar-refractivity contribution in [2.75, 3.05) is 37.6 Å². The molecule has 0 saturated carbocycles. The molecule has 2 heterocycles. The Labute approximate surface area is 174 Å². The second kappa shape index (κ2) is 9.15. The van der Waals surface area contributed by atoms with E-state index in [1.165, 1.54) is 6.08 Å². The molecule has 0 unspecified atom stereocenters. The van der Waals surface area contributed by atoms with Crippen molar-refractivity contribution < 1.29 is 9.21 Å². The minimum absolute atomic E-state index is 0.137. The molecule has 1 aromatic heterocycles. The van der Waals surface area contributed by atoms with Gasteiger partial charge in [0.15, 0.2) is 5.76 Å². The van der Waals surface area contributed by atoms with Gasteiger partial charge in [0.25, 0.3) is 0 Å². The van der Waals surface area contributed by atoms with Crippen molar-refractivity contribution in [3.05, 3.63) is 69.1 Å². The zero-order valence-electron chi connectivity index (χ0n) is 16.6. The number of nitrogens with one attached hydrogen (secondary N) is 2. The normalized spacial score (nSPS) is 15.4. The summed E-state index contributed by atoms with van der Waals surface area (Å²) in [5.74, 6) is -0.295. The summed E-state index contributed by atoms with van der Waals surface area (Å²) < 4.78 is 5.04. The van der Waals surface area contributed by atoms with Crippen LogP contribution < -0.4 is 16.0 Å². The van der Waals surface area contributed by atoms with Crippen LogP contribution in [0.1, 0.15) is 17.0 Å². The number of amides is 1. The number of hydrogen-bond donors (Lipinski definition) is 2. The van der Waals surface area contributed by atoms with Gasteiger partial charge >= 0.3 is 5.76 Å². The van der Waals surface area contributed by atoms with Gasteiger partial charge < -0.3 is 14.6 Å². The summed E-state index contributed by atoms with van der Waals surface area (Å²) in [6.45, 7) is 11.0. The Bertz CT molecular complexity index is 984. The summed E-state index contributed by atoms with van der Waals surface area (Å²) in [7, 11) is 0. The summed E-state index contributed by atoms with van der Waals surface area (Å²) in [5, 5.41) is 3.58. The predicted molar refractivity (Wildman–Crippen MR) is 115 cm³/mol. The molecule has 8 heteroatoms. The standard InChI is InChI=1S/C21H25ClN4O3/c1-4-16(12-19-15(3)23-21(28)29-19)24-20(27)13-25-7-9-26(10-8-25)17-5-6-18(22)14(2)11-17/h4-6,11-12H,1,7-10,13H2,2-3H3,(H,23,28)(H,24,27)/b16-12+. The van der Waals surface area contributed by atoms with E-state index in [0.717, 1.165) is 42.5 Å². The molecule has 0 bridgehead atoms. The van der Waals surface area contributed by atoms with Crippen molar-refractivity contribution in [3.63, 3.8) is 0 Å². The number of aromatic nitrogens is 1. The lowest BCUT2D eigenvalue weighted by atomic mass is 10.2. The van der Waals surface area contributed by atoms with Crippen LogP contribution in [0.4, 0.5) is 5.69 Å². The monoisotopic (exact) mass is 416 g/mol. The molecule has 1 aromatic carbocycles. The van der Waals surface area contributed by atoms with Crippen molar-refractivity contribution >= 4 is 29.3 Å². The van der Waals surface area contributed by atoms with Crippen LogP contribution in [0, 0.1) is 13.8 Å². The summed E-state index contributed by atoms with van der Waals surface area (Å²) in [5.41, 5.74) is 3.28. The van der Waals surface area contributed by atoms with Gasteiger partial charge in [0, 0.05) is 48.7 Å². The van der Waals surface area contributed by atoms with Crippen LogP contribution in [0.25, 0.3) is 6.08 Å². The molecule has 2 N–H and O–H groups in total. The maximum absolute atomic E-state index is 12.4. The topological polar surface area (TPSA) is 81.6 Å². The number of nitrogens with zero attached hydrogens (tertiary/aromatic N) is 2. The van der Waals surface area contributed by atoms with Gasteiger partial charge in [0.05, 0.1) is 12.2 Å². The van der Waals surface area contributed by atoms with Crippen LogP contribution in [0.5, 0.6) is 0 Å². The number of aromatic amines is 1. The number of oxazole rings is 1. The molecule has 1 fully saturated rings. The smallest absolute Gasteiger partial charge is 0.408 e. The summed E-state index contributed by atoms with van der Waals surface area (Å²) in [4.78, 5) is 30.6. The Kier molecular flexibility index (Phi) is 6.61. The SMILES string of the molecule is C=C/C(=C\c1oc(=O)[nH]c1C)NC(=O)CN1CCN(c2ccc(Cl)c(C)c2)CC1. The van der Waals surface area contributed by atoms with Gasteiger partial charge in [-0.15, -0.1) is 0 Å². The Morgan fingerprint density at radius 2 is 2.03 bits per heavy atom. The van der Waals surface area contributed by atoms with Gasteiger partial charge in [-0.3, -0.25) is 14.7 Å². The number of benzene rings is 1. The van der Waals surface area contributed by atoms with E-state index in [0.29, 0.717) is 17.2 Å². The highest BCUT2D eigenvalue weighted by Crippen LogP contribution is 2.23. The lowest BCUT2D eigenvalue weighted by Crippen LogP contribution is -2.49. The van der Waals surface area contributed by atoms with Crippen LogP contribution in [0.2, 0.25) is 5.02 Å². The molecule has 1 aliphatic rings. The molecular weight excluding hydrogens is 392 g/mol. The number of carbonyl (C=O) groups excluding carboxylic acids is 1. The number of hydrogen-bond acceptors (Lipinski definition) is 5. The molecule has 1 aliphatic heterocycles. The fourth-order valence-corrected chi connectivity index (χ4v) is 3.35. The minimum atomic E-state index is -0.530. The molecule has 0 aliphatic carbocycles. The molecule has 0 atom stereocenters.